The zero-order chi connectivity index (χ0) is 16.0. The van der Waals surface area contributed by atoms with Crippen LogP contribution in [0.5, 0.6) is 5.75 Å². The number of ether oxygens (including phenoxy) is 1. The van der Waals surface area contributed by atoms with E-state index >= 15 is 0 Å². The van der Waals surface area contributed by atoms with Crippen molar-refractivity contribution in [3.8, 4) is 5.75 Å². The van der Waals surface area contributed by atoms with Crippen LogP contribution >= 0.6 is 0 Å². The van der Waals surface area contributed by atoms with Gasteiger partial charge < -0.3 is 9.64 Å². The van der Waals surface area contributed by atoms with E-state index in [-0.39, 0.29) is 22.9 Å². The first kappa shape index (κ1) is 17.3. The van der Waals surface area contributed by atoms with Crippen LogP contribution in [0.15, 0.2) is 23.1 Å². The molecule has 0 aromatic heterocycles. The maximum absolute atomic E-state index is 12.1. The number of quaternary nitrogens is 1. The fraction of sp³-hybridized carbons (Fsp3) is 0.500. The Morgan fingerprint density at radius 3 is 2.57 bits per heavy atom. The third-order valence-electron chi connectivity index (χ3n) is 2.80. The Balaban J connectivity index is 2.88. The van der Waals surface area contributed by atoms with E-state index in [1.807, 2.05) is 14.1 Å². The van der Waals surface area contributed by atoms with Gasteiger partial charge in [0.2, 0.25) is 10.0 Å². The lowest BCUT2D eigenvalue weighted by atomic mass is 10.3. The van der Waals surface area contributed by atoms with Crippen LogP contribution in [0.25, 0.3) is 0 Å². The van der Waals surface area contributed by atoms with Gasteiger partial charge in [-0.25, -0.2) is 13.1 Å². The molecular weight excluding hydrogens is 298 g/mol. The average molecular weight is 318 g/mol. The Kier molecular flexibility index (Phi) is 6.06. The second-order valence-corrected chi connectivity index (χ2v) is 6.57. The van der Waals surface area contributed by atoms with Crippen molar-refractivity contribution in [2.24, 2.45) is 0 Å². The molecule has 0 aliphatic heterocycles. The van der Waals surface area contributed by atoms with Crippen LogP contribution in [0.3, 0.4) is 0 Å². The number of nitrogens with zero attached hydrogens (tertiary/aromatic N) is 1. The van der Waals surface area contributed by atoms with Gasteiger partial charge in [0, 0.05) is 19.0 Å². The summed E-state index contributed by atoms with van der Waals surface area (Å²) in [4.78, 5) is 11.3. The molecule has 1 aromatic carbocycles. The minimum Gasteiger partial charge on any atom is -0.490 e. The van der Waals surface area contributed by atoms with Crippen LogP contribution in [0.2, 0.25) is 0 Å². The Morgan fingerprint density at radius 2 is 2.05 bits per heavy atom. The molecule has 8 nitrogen and oxygen atoms in total. The van der Waals surface area contributed by atoms with E-state index in [4.69, 9.17) is 4.74 Å². The second-order valence-electron chi connectivity index (χ2n) is 4.80. The summed E-state index contributed by atoms with van der Waals surface area (Å²) < 4.78 is 31.4. The highest BCUT2D eigenvalue weighted by Gasteiger charge is 2.21. The van der Waals surface area contributed by atoms with Crippen LogP contribution in [0.4, 0.5) is 5.69 Å². The van der Waals surface area contributed by atoms with Gasteiger partial charge in [-0.15, -0.1) is 0 Å². The van der Waals surface area contributed by atoms with E-state index < -0.39 is 14.9 Å². The van der Waals surface area contributed by atoms with Crippen molar-refractivity contribution in [3.63, 3.8) is 0 Å². The lowest BCUT2D eigenvalue weighted by Crippen LogP contribution is -3.05. The van der Waals surface area contributed by atoms with Gasteiger partial charge >= 0.3 is 5.69 Å². The summed E-state index contributed by atoms with van der Waals surface area (Å²) in [5, 5.41) is 10.9. The van der Waals surface area contributed by atoms with E-state index in [1.54, 1.807) is 0 Å². The van der Waals surface area contributed by atoms with Crippen molar-refractivity contribution in [2.45, 2.75) is 11.3 Å². The van der Waals surface area contributed by atoms with Gasteiger partial charge in [0.05, 0.1) is 37.6 Å². The largest absolute Gasteiger partial charge is 0.490 e. The van der Waals surface area contributed by atoms with Crippen molar-refractivity contribution >= 4 is 15.7 Å². The van der Waals surface area contributed by atoms with Crippen LogP contribution in [-0.2, 0) is 10.0 Å². The number of rotatable bonds is 8. The summed E-state index contributed by atoms with van der Waals surface area (Å²) in [6.07, 6.45) is 0.680. The highest BCUT2D eigenvalue weighted by molar-refractivity contribution is 7.89. The molecule has 0 spiro atoms. The molecule has 0 saturated carbocycles. The predicted octanol–water partition coefficient (Wildman–Crippen LogP) is -0.584. The molecule has 2 N–H and O–H groups in total. The van der Waals surface area contributed by atoms with Crippen LogP contribution in [0, 0.1) is 10.1 Å². The lowest BCUT2D eigenvalue weighted by molar-refractivity contribution is -0.858. The van der Waals surface area contributed by atoms with E-state index in [2.05, 4.69) is 4.72 Å². The Bertz CT molecular complexity index is 601. The van der Waals surface area contributed by atoms with Gasteiger partial charge in [-0.2, -0.15) is 0 Å². The topological polar surface area (TPSA) is 103 Å². The fourth-order valence-corrected chi connectivity index (χ4v) is 2.81. The van der Waals surface area contributed by atoms with E-state index in [0.29, 0.717) is 6.42 Å². The summed E-state index contributed by atoms with van der Waals surface area (Å²) >= 11 is 0. The number of nitro benzene ring substituents is 1. The number of nitrogens with one attached hydrogen (secondary N) is 2. The lowest BCUT2D eigenvalue weighted by Gasteiger charge is -2.09. The normalized spacial score (nSPS) is 11.6. The number of methoxy groups -OCH3 is 1. The van der Waals surface area contributed by atoms with Crippen molar-refractivity contribution in [2.75, 3.05) is 34.3 Å². The van der Waals surface area contributed by atoms with Crippen LogP contribution < -0.4 is 14.4 Å². The molecule has 0 amide bonds. The molecule has 118 valence electrons. The molecule has 0 radical (unpaired) electrons. The van der Waals surface area contributed by atoms with E-state index in [9.17, 15) is 18.5 Å². The van der Waals surface area contributed by atoms with Gasteiger partial charge in [-0.3, -0.25) is 10.1 Å². The molecule has 0 aliphatic carbocycles. The molecule has 0 atom stereocenters. The van der Waals surface area contributed by atoms with E-state index in [0.717, 1.165) is 12.6 Å². The maximum atomic E-state index is 12.1. The summed E-state index contributed by atoms with van der Waals surface area (Å²) in [6.45, 7) is 1.11. The van der Waals surface area contributed by atoms with Gasteiger partial charge in [0.15, 0.2) is 5.75 Å². The highest BCUT2D eigenvalue weighted by Crippen LogP contribution is 2.29. The number of hydrogen-bond acceptors (Lipinski definition) is 5. The minimum atomic E-state index is -3.76. The third-order valence-corrected chi connectivity index (χ3v) is 4.26. The van der Waals surface area contributed by atoms with Gasteiger partial charge in [0.25, 0.3) is 0 Å². The number of hydrogen-bond donors (Lipinski definition) is 2. The van der Waals surface area contributed by atoms with E-state index in [1.165, 1.54) is 24.1 Å². The molecule has 21 heavy (non-hydrogen) atoms. The summed E-state index contributed by atoms with van der Waals surface area (Å²) in [5.41, 5.74) is -0.377. The first-order valence-electron chi connectivity index (χ1n) is 6.39. The van der Waals surface area contributed by atoms with Gasteiger partial charge in [0.1, 0.15) is 0 Å². The molecule has 9 heteroatoms. The van der Waals surface area contributed by atoms with Crippen molar-refractivity contribution < 1.29 is 23.0 Å². The standard InChI is InChI=1S/C12H19N3O5S/c1-14(2)8-4-7-13-21(18,19)10-5-6-12(20-3)11(9-10)15(16)17/h5-6,9,13H,4,7-8H2,1-3H3/p+1. The zero-order valence-electron chi connectivity index (χ0n) is 12.3. The minimum absolute atomic E-state index is 0.0233. The van der Waals surface area contributed by atoms with Crippen molar-refractivity contribution in [1.29, 1.82) is 0 Å². The molecule has 0 heterocycles. The monoisotopic (exact) mass is 318 g/mol. The summed E-state index contributed by atoms with van der Waals surface area (Å²) in [6, 6.07) is 3.56. The first-order chi connectivity index (χ1) is 9.77. The molecule has 0 unspecified atom stereocenters. The molecule has 0 aliphatic rings. The fourth-order valence-electron chi connectivity index (χ4n) is 1.71. The summed E-state index contributed by atoms with van der Waals surface area (Å²) in [5.74, 6) is 0.0233. The van der Waals surface area contributed by atoms with Crippen molar-refractivity contribution in [1.82, 2.24) is 4.72 Å². The molecule has 0 fully saturated rings. The zero-order valence-corrected chi connectivity index (χ0v) is 13.1. The third kappa shape index (κ3) is 4.96. The molecule has 1 rings (SSSR count). The Morgan fingerprint density at radius 1 is 1.38 bits per heavy atom. The number of nitro groups is 1. The molecular formula is C12H20N3O5S+. The quantitative estimate of drug-likeness (QED) is 0.379. The Hall–Kier alpha value is -1.71. The maximum Gasteiger partial charge on any atom is 0.312 e. The van der Waals surface area contributed by atoms with Gasteiger partial charge in [-0.1, -0.05) is 0 Å². The Labute approximate surface area is 123 Å². The van der Waals surface area contributed by atoms with Gasteiger partial charge in [-0.05, 0) is 12.1 Å². The number of benzene rings is 1. The predicted molar refractivity (Wildman–Crippen MR) is 77.1 cm³/mol. The molecule has 1 aromatic rings. The second kappa shape index (κ2) is 7.34. The smallest absolute Gasteiger partial charge is 0.312 e. The average Bonchev–Trinajstić information content (AvgIpc) is 2.42. The SMILES string of the molecule is COc1ccc(S(=O)(=O)NCCC[NH+](C)C)cc1[N+](=O)[O-]. The molecule has 0 bridgehead atoms. The summed E-state index contributed by atoms with van der Waals surface area (Å²) in [7, 11) is 1.48. The van der Waals surface area contributed by atoms with Crippen LogP contribution in [-0.4, -0.2) is 47.6 Å². The highest BCUT2D eigenvalue weighted by atomic mass is 32.2. The van der Waals surface area contributed by atoms with Crippen LogP contribution in [0.1, 0.15) is 6.42 Å². The van der Waals surface area contributed by atoms with Crippen molar-refractivity contribution in [3.05, 3.63) is 28.3 Å². The molecule has 0 saturated heterocycles. The number of sulfonamides is 1. The first-order valence-corrected chi connectivity index (χ1v) is 7.87.